The number of thioether (sulfide) groups is 2. The Bertz CT molecular complexity index is 359. The van der Waals surface area contributed by atoms with Gasteiger partial charge in [-0.25, -0.2) is 0 Å². The smallest absolute Gasteiger partial charge is 0.103 e. The third-order valence-electron chi connectivity index (χ3n) is 1.61. The fourth-order valence-electron chi connectivity index (χ4n) is 1.01. The first kappa shape index (κ1) is 11.2. The molecule has 72 valence electrons. The van der Waals surface area contributed by atoms with Gasteiger partial charge in [-0.1, -0.05) is 6.07 Å². The lowest BCUT2D eigenvalue weighted by Gasteiger charge is -2.03. The molecule has 14 heavy (non-hydrogen) atoms. The van der Waals surface area contributed by atoms with Crippen LogP contribution < -0.4 is 0 Å². The molecule has 1 rings (SSSR count). The van der Waals surface area contributed by atoms with Crippen molar-refractivity contribution in [2.24, 2.45) is 0 Å². The highest BCUT2D eigenvalue weighted by Crippen LogP contribution is 2.31. The van der Waals surface area contributed by atoms with Crippen LogP contribution in [-0.2, 0) is 0 Å². The lowest BCUT2D eigenvalue weighted by Crippen LogP contribution is -1.87. The molecular weight excluding hydrogens is 212 g/mol. The van der Waals surface area contributed by atoms with Gasteiger partial charge in [0, 0.05) is 6.20 Å². The van der Waals surface area contributed by atoms with Crippen LogP contribution in [0.25, 0.3) is 5.57 Å². The number of rotatable bonds is 3. The maximum absolute atomic E-state index is 9.04. The summed E-state index contributed by atoms with van der Waals surface area (Å²) >= 11 is 3.16. The first-order valence-corrected chi connectivity index (χ1v) is 6.42. The van der Waals surface area contributed by atoms with Crippen LogP contribution >= 0.6 is 23.5 Å². The zero-order valence-electron chi connectivity index (χ0n) is 8.02. The van der Waals surface area contributed by atoms with Crippen molar-refractivity contribution in [2.45, 2.75) is 0 Å². The Balaban J connectivity index is 3.17. The van der Waals surface area contributed by atoms with Gasteiger partial charge in [-0.3, -0.25) is 4.98 Å². The van der Waals surface area contributed by atoms with Crippen molar-refractivity contribution in [3.63, 3.8) is 0 Å². The van der Waals surface area contributed by atoms with Crippen molar-refractivity contribution in [3.05, 3.63) is 34.3 Å². The lowest BCUT2D eigenvalue weighted by atomic mass is 10.2. The van der Waals surface area contributed by atoms with E-state index in [-0.39, 0.29) is 0 Å². The number of hydrogen-bond donors (Lipinski definition) is 0. The molecule has 0 unspecified atom stereocenters. The van der Waals surface area contributed by atoms with Gasteiger partial charge < -0.3 is 0 Å². The molecule has 1 heterocycles. The zero-order chi connectivity index (χ0) is 10.4. The molecular formula is C10H10N2S2. The Morgan fingerprint density at radius 2 is 2.07 bits per heavy atom. The summed E-state index contributed by atoms with van der Waals surface area (Å²) < 4.78 is 1.01. The molecule has 0 fully saturated rings. The average Bonchev–Trinajstić information content (AvgIpc) is 2.27. The van der Waals surface area contributed by atoms with Gasteiger partial charge in [0.1, 0.15) is 6.07 Å². The molecule has 0 amide bonds. The minimum absolute atomic E-state index is 0.658. The van der Waals surface area contributed by atoms with Gasteiger partial charge in [0.15, 0.2) is 0 Å². The van der Waals surface area contributed by atoms with E-state index in [1.807, 2.05) is 30.7 Å². The Labute approximate surface area is 92.4 Å². The summed E-state index contributed by atoms with van der Waals surface area (Å²) in [5.74, 6) is 0. The van der Waals surface area contributed by atoms with Crippen LogP contribution in [0, 0.1) is 11.3 Å². The predicted octanol–water partition coefficient (Wildman–Crippen LogP) is 3.00. The van der Waals surface area contributed by atoms with E-state index >= 15 is 0 Å². The van der Waals surface area contributed by atoms with E-state index in [0.29, 0.717) is 5.57 Å². The molecule has 0 aliphatic carbocycles. The van der Waals surface area contributed by atoms with Gasteiger partial charge in [0.25, 0.3) is 0 Å². The molecule has 0 saturated heterocycles. The second-order valence-electron chi connectivity index (χ2n) is 2.40. The molecule has 0 atom stereocenters. The van der Waals surface area contributed by atoms with E-state index in [4.69, 9.17) is 5.26 Å². The first-order valence-electron chi connectivity index (χ1n) is 3.97. The summed E-state index contributed by atoms with van der Waals surface area (Å²) in [6.45, 7) is 0. The van der Waals surface area contributed by atoms with Crippen molar-refractivity contribution in [3.8, 4) is 6.07 Å². The maximum Gasteiger partial charge on any atom is 0.103 e. The van der Waals surface area contributed by atoms with Crippen LogP contribution in [0.3, 0.4) is 0 Å². The number of nitrogens with zero attached hydrogens (tertiary/aromatic N) is 2. The molecule has 0 bridgehead atoms. The average molecular weight is 222 g/mol. The molecule has 0 N–H and O–H groups in total. The van der Waals surface area contributed by atoms with Crippen LogP contribution in [0.15, 0.2) is 28.6 Å². The first-order chi connectivity index (χ1) is 6.83. The third kappa shape index (κ3) is 2.53. The molecule has 2 nitrogen and oxygen atoms in total. The Morgan fingerprint density at radius 3 is 2.50 bits per heavy atom. The minimum Gasteiger partial charge on any atom is -0.255 e. The highest BCUT2D eigenvalue weighted by molar-refractivity contribution is 8.21. The zero-order valence-corrected chi connectivity index (χ0v) is 9.65. The van der Waals surface area contributed by atoms with Gasteiger partial charge in [-0.2, -0.15) is 5.26 Å². The lowest BCUT2D eigenvalue weighted by molar-refractivity contribution is 1.28. The van der Waals surface area contributed by atoms with E-state index < -0.39 is 0 Å². The second-order valence-corrected chi connectivity index (χ2v) is 4.29. The maximum atomic E-state index is 9.04. The minimum atomic E-state index is 0.658. The van der Waals surface area contributed by atoms with Crippen LogP contribution in [0.5, 0.6) is 0 Å². The van der Waals surface area contributed by atoms with E-state index in [0.717, 1.165) is 9.93 Å². The number of nitriles is 1. The molecule has 0 radical (unpaired) electrons. The van der Waals surface area contributed by atoms with Crippen LogP contribution in [0.1, 0.15) is 5.69 Å². The predicted molar refractivity (Wildman–Crippen MR) is 63.8 cm³/mol. The van der Waals surface area contributed by atoms with Gasteiger partial charge in [0.05, 0.1) is 15.5 Å². The summed E-state index contributed by atoms with van der Waals surface area (Å²) in [5, 5.41) is 9.04. The molecule has 0 spiro atoms. The van der Waals surface area contributed by atoms with Gasteiger partial charge in [-0.05, 0) is 24.6 Å². The van der Waals surface area contributed by atoms with E-state index in [1.165, 1.54) is 0 Å². The third-order valence-corrected chi connectivity index (χ3v) is 3.76. The SMILES string of the molecule is CSC(SC)=C(C#N)c1ccccn1. The molecule has 0 aliphatic heterocycles. The fraction of sp³-hybridized carbons (Fsp3) is 0.200. The van der Waals surface area contributed by atoms with Crippen molar-refractivity contribution in [2.75, 3.05) is 12.5 Å². The Hall–Kier alpha value is -0.920. The van der Waals surface area contributed by atoms with E-state index in [2.05, 4.69) is 11.1 Å². The summed E-state index contributed by atoms with van der Waals surface area (Å²) in [6.07, 6.45) is 5.63. The van der Waals surface area contributed by atoms with Crippen molar-refractivity contribution >= 4 is 29.1 Å². The van der Waals surface area contributed by atoms with Crippen molar-refractivity contribution < 1.29 is 0 Å². The molecule has 0 aliphatic rings. The number of allylic oxidation sites excluding steroid dienone is 1. The molecule has 0 saturated carbocycles. The molecule has 4 heteroatoms. The monoisotopic (exact) mass is 222 g/mol. The standard InChI is InChI=1S/C10H10N2S2/c1-13-10(14-2)8(7-11)9-5-3-4-6-12-9/h3-6H,1-2H3. The van der Waals surface area contributed by atoms with Gasteiger partial charge in [0.2, 0.25) is 0 Å². The quantitative estimate of drug-likeness (QED) is 0.737. The second kappa shape index (κ2) is 5.74. The Kier molecular flexibility index (Phi) is 4.57. The molecule has 1 aromatic heterocycles. The largest absolute Gasteiger partial charge is 0.255 e. The van der Waals surface area contributed by atoms with Crippen LogP contribution in [0.4, 0.5) is 0 Å². The van der Waals surface area contributed by atoms with Crippen LogP contribution in [-0.4, -0.2) is 17.5 Å². The van der Waals surface area contributed by atoms with Gasteiger partial charge >= 0.3 is 0 Å². The molecule has 1 aromatic rings. The van der Waals surface area contributed by atoms with Crippen molar-refractivity contribution in [1.29, 1.82) is 5.26 Å². The van der Waals surface area contributed by atoms with E-state index in [1.54, 1.807) is 29.7 Å². The molecule has 0 aromatic carbocycles. The normalized spacial score (nSPS) is 9.21. The Morgan fingerprint density at radius 1 is 1.36 bits per heavy atom. The van der Waals surface area contributed by atoms with Crippen molar-refractivity contribution in [1.82, 2.24) is 4.98 Å². The summed E-state index contributed by atoms with van der Waals surface area (Å²) in [4.78, 5) is 4.16. The number of pyridine rings is 1. The highest BCUT2D eigenvalue weighted by atomic mass is 32.2. The van der Waals surface area contributed by atoms with E-state index in [9.17, 15) is 0 Å². The summed E-state index contributed by atoms with van der Waals surface area (Å²) in [7, 11) is 0. The highest BCUT2D eigenvalue weighted by Gasteiger charge is 2.07. The number of aromatic nitrogens is 1. The number of hydrogen-bond acceptors (Lipinski definition) is 4. The van der Waals surface area contributed by atoms with Crippen LogP contribution in [0.2, 0.25) is 0 Å². The van der Waals surface area contributed by atoms with Gasteiger partial charge in [-0.15, -0.1) is 23.5 Å². The summed E-state index contributed by atoms with van der Waals surface area (Å²) in [6, 6.07) is 7.78. The summed E-state index contributed by atoms with van der Waals surface area (Å²) in [5.41, 5.74) is 1.40. The fourth-order valence-corrected chi connectivity index (χ4v) is 2.38. The topological polar surface area (TPSA) is 36.7 Å².